The zero-order valence-corrected chi connectivity index (χ0v) is 61.6. The molecule has 0 fully saturated rings. The quantitative estimate of drug-likeness (QED) is 0.0562. The molecule has 0 atom stereocenters. The number of sulfone groups is 1. The number of sulfonamides is 2. The van der Waals surface area contributed by atoms with Crippen molar-refractivity contribution in [3.8, 4) is 45.0 Å². The number of hydrogen-bond donors (Lipinski definition) is 5. The summed E-state index contributed by atoms with van der Waals surface area (Å²) in [6, 6.07) is 59.4. The van der Waals surface area contributed by atoms with Gasteiger partial charge in [-0.05, 0) is 194 Å². The average molecular weight is 1580 g/mol. The number of aromatic nitrogens is 5. The molecule has 12 rings (SSSR count). The van der Waals surface area contributed by atoms with Crippen molar-refractivity contribution in [2.75, 3.05) is 41.6 Å². The van der Waals surface area contributed by atoms with Crippen LogP contribution >= 0.6 is 80.9 Å². The molecule has 103 heavy (non-hydrogen) atoms. The zero-order valence-electron chi connectivity index (χ0n) is 53.8. The zero-order chi connectivity index (χ0) is 74.2. The first kappa shape index (κ1) is 77.3. The summed E-state index contributed by atoms with van der Waals surface area (Å²) in [7, 11) is -7.75. The Morgan fingerprint density at radius 2 is 0.757 bits per heavy atom. The Morgan fingerprint density at radius 3 is 1.07 bits per heavy atom. The number of nitrogens with two attached hydrogens (primary N) is 1. The molecule has 0 aliphatic rings. The maximum Gasteiger partial charge on any atom is 0.265 e. The summed E-state index contributed by atoms with van der Waals surface area (Å²) in [5, 5.41) is 18.5. The maximum absolute atomic E-state index is 12.5. The highest BCUT2D eigenvalue weighted by Crippen LogP contribution is 2.34. The standard InChI is InChI=1S/C20H18ClN3O3S.C18H14ClN3O3S.C17H10Cl3N3O.C17H13ClN2O3S2/c1-24(2)28(26,27)16-9-6-14(7-10-16)20(25)23-15-8-11-18(21)17(13-15)19-5-3-4-12-22-19;19-16-9-6-13(11-15(16)17-3-1-2-10-21-17)22-18(23)12-4-7-14(8-5-12)26(20,24)25;18-13-6-4-10(9-12(13)14-3-1-2-8-21-14)22-17(24)11-5-7-15(19)23-16(11)20;1-25(22,23)16-8-7-15(24-16)17(21)20-11-5-6-13(18)12(10-11)14-4-2-3-9-19-14/h3-13H,1-2H3,(H,23,25);1-11H,(H,22,23)(H2,20,24,25);1-9H,(H,22,24);2-10H,1H3,(H,20,21). The summed E-state index contributed by atoms with van der Waals surface area (Å²) in [5.74, 6) is -1.52. The molecule has 21 nitrogen and oxygen atoms in total. The molecule has 6 N–H and O–H groups in total. The van der Waals surface area contributed by atoms with Crippen molar-refractivity contribution in [3.05, 3.63) is 295 Å². The summed E-state index contributed by atoms with van der Waals surface area (Å²) in [4.78, 5) is 70.9. The van der Waals surface area contributed by atoms with Gasteiger partial charge < -0.3 is 21.3 Å². The van der Waals surface area contributed by atoms with Crippen LogP contribution in [0.15, 0.2) is 257 Å². The molecule has 0 saturated heterocycles. The van der Waals surface area contributed by atoms with E-state index in [0.717, 1.165) is 27.5 Å². The normalized spacial score (nSPS) is 11.1. The van der Waals surface area contributed by atoms with Crippen molar-refractivity contribution in [1.82, 2.24) is 29.2 Å². The number of pyridine rings is 5. The SMILES string of the molecule is CN(C)S(=O)(=O)c1ccc(C(=O)Nc2ccc(Cl)c(-c3ccccn3)c2)cc1.CS(=O)(=O)c1ccc(C(=O)Nc2ccc(Cl)c(-c3ccccn3)c2)s1.NS(=O)(=O)c1ccc(C(=O)Nc2ccc(Cl)c(-c3ccccn3)c2)cc1.O=C(Nc1ccc(Cl)c(-c2ccccn2)c1)c1ccc(Cl)nc1Cl. The smallest absolute Gasteiger partial charge is 0.265 e. The maximum atomic E-state index is 12.5. The minimum Gasteiger partial charge on any atom is -0.322 e. The van der Waals surface area contributed by atoms with Gasteiger partial charge in [-0.3, -0.25) is 39.1 Å². The number of nitrogens with one attached hydrogen (secondary N) is 4. The first-order valence-corrected chi connectivity index (χ1v) is 37.8. The highest BCUT2D eigenvalue weighted by molar-refractivity contribution is 7.92. The number of halogens is 6. The third-order valence-electron chi connectivity index (χ3n) is 14.2. The van der Waals surface area contributed by atoms with E-state index in [2.05, 4.69) is 46.2 Å². The van der Waals surface area contributed by atoms with Crippen molar-refractivity contribution in [3.63, 3.8) is 0 Å². The van der Waals surface area contributed by atoms with E-state index in [9.17, 15) is 44.4 Å². The van der Waals surface area contributed by atoms with Crippen LogP contribution in [0.1, 0.15) is 40.7 Å². The summed E-state index contributed by atoms with van der Waals surface area (Å²) in [5.41, 5.74) is 8.67. The molecule has 0 spiro atoms. The van der Waals surface area contributed by atoms with Crippen LogP contribution < -0.4 is 26.4 Å². The van der Waals surface area contributed by atoms with Crippen LogP contribution in [0, 0.1) is 0 Å². The summed E-state index contributed by atoms with van der Waals surface area (Å²) in [6.45, 7) is 0. The van der Waals surface area contributed by atoms with Gasteiger partial charge in [-0.15, -0.1) is 11.3 Å². The minimum atomic E-state index is -3.80. The van der Waals surface area contributed by atoms with Gasteiger partial charge in [0.05, 0.1) is 63.1 Å². The van der Waals surface area contributed by atoms with Crippen LogP contribution in [0.4, 0.5) is 22.7 Å². The number of nitrogens with zero attached hydrogens (tertiary/aromatic N) is 6. The Balaban J connectivity index is 0.000000160. The van der Waals surface area contributed by atoms with E-state index >= 15 is 0 Å². The van der Waals surface area contributed by atoms with Crippen LogP contribution in [-0.4, -0.2) is 98.5 Å². The number of benzene rings is 6. The molecule has 0 unspecified atom stereocenters. The van der Waals surface area contributed by atoms with Crippen LogP contribution in [0.2, 0.25) is 30.4 Å². The third kappa shape index (κ3) is 21.2. The molecule has 31 heteroatoms. The Morgan fingerprint density at radius 1 is 0.408 bits per heavy atom. The Hall–Kier alpha value is -9.84. The van der Waals surface area contributed by atoms with E-state index in [-0.39, 0.29) is 47.6 Å². The summed E-state index contributed by atoms with van der Waals surface area (Å²) >= 11 is 37.6. The molecule has 6 aromatic heterocycles. The highest BCUT2D eigenvalue weighted by atomic mass is 35.5. The lowest BCUT2D eigenvalue weighted by molar-refractivity contribution is 0.101. The number of hydrogen-bond acceptors (Lipinski definition) is 16. The number of amides is 4. The van der Waals surface area contributed by atoms with Crippen molar-refractivity contribution >= 4 is 157 Å². The molecule has 0 bridgehead atoms. The highest BCUT2D eigenvalue weighted by Gasteiger charge is 2.21. The molecule has 0 aliphatic heterocycles. The van der Waals surface area contributed by atoms with Crippen LogP contribution in [-0.2, 0) is 29.9 Å². The minimum absolute atomic E-state index is 0.0407. The number of anilines is 4. The van der Waals surface area contributed by atoms with Gasteiger partial charge in [0.25, 0.3) is 23.6 Å². The lowest BCUT2D eigenvalue weighted by Crippen LogP contribution is -2.22. The van der Waals surface area contributed by atoms with Gasteiger partial charge in [0.15, 0.2) is 9.84 Å². The van der Waals surface area contributed by atoms with Gasteiger partial charge in [-0.1, -0.05) is 93.9 Å². The monoisotopic (exact) mass is 1570 g/mol. The number of carbonyl (C=O) groups is 4. The van der Waals surface area contributed by atoms with E-state index in [1.54, 1.807) is 110 Å². The third-order valence-corrected chi connectivity index (χ3v) is 21.7. The van der Waals surface area contributed by atoms with E-state index in [1.807, 2.05) is 60.7 Å². The van der Waals surface area contributed by atoms with Gasteiger partial charge in [0.1, 0.15) is 14.5 Å². The van der Waals surface area contributed by atoms with E-state index in [1.165, 1.54) is 86.9 Å². The fraction of sp³-hybridized carbons (Fsp3) is 0.0417. The van der Waals surface area contributed by atoms with E-state index in [0.29, 0.717) is 98.3 Å². The molecule has 0 radical (unpaired) electrons. The van der Waals surface area contributed by atoms with Crippen molar-refractivity contribution < 1.29 is 44.4 Å². The molecular formula is C72H55Cl6N11O10S4. The first-order chi connectivity index (χ1) is 49.0. The number of carbonyl (C=O) groups excluding carboxylic acids is 4. The number of rotatable bonds is 16. The average Bonchev–Trinajstić information content (AvgIpc) is 1.51. The van der Waals surface area contributed by atoms with Gasteiger partial charge >= 0.3 is 0 Å². The molecule has 6 aromatic carbocycles. The Kier molecular flexibility index (Phi) is 26.2. The Labute approximate surface area is 626 Å². The molecule has 0 saturated carbocycles. The largest absolute Gasteiger partial charge is 0.322 e. The van der Waals surface area contributed by atoms with Crippen molar-refractivity contribution in [2.45, 2.75) is 14.0 Å². The summed E-state index contributed by atoms with van der Waals surface area (Å²) in [6.07, 6.45) is 7.77. The molecular weight excluding hydrogens is 1520 g/mol. The second kappa shape index (κ2) is 34.9. The van der Waals surface area contributed by atoms with Crippen LogP contribution in [0.3, 0.4) is 0 Å². The lowest BCUT2D eigenvalue weighted by Gasteiger charge is -2.12. The van der Waals surface area contributed by atoms with Gasteiger partial charge in [0.2, 0.25) is 20.0 Å². The predicted octanol–water partition coefficient (Wildman–Crippen LogP) is 16.7. The molecule has 0 aliphatic carbocycles. The fourth-order valence-electron chi connectivity index (χ4n) is 9.09. The molecule has 4 amide bonds. The van der Waals surface area contributed by atoms with Crippen molar-refractivity contribution in [2.24, 2.45) is 5.14 Å². The first-order valence-electron chi connectivity index (χ1n) is 29.9. The van der Waals surface area contributed by atoms with Gasteiger partial charge in [0, 0.05) is 101 Å². The van der Waals surface area contributed by atoms with Crippen molar-refractivity contribution in [1.29, 1.82) is 0 Å². The molecule has 524 valence electrons. The van der Waals surface area contributed by atoms with Gasteiger partial charge in [-0.25, -0.2) is 39.7 Å². The van der Waals surface area contributed by atoms with E-state index in [4.69, 9.17) is 74.7 Å². The molecule has 12 aromatic rings. The number of thiophene rings is 1. The fourth-order valence-corrected chi connectivity index (χ4v) is 13.6. The summed E-state index contributed by atoms with van der Waals surface area (Å²) < 4.78 is 71.1. The van der Waals surface area contributed by atoms with Crippen LogP contribution in [0.5, 0.6) is 0 Å². The molecule has 6 heterocycles. The predicted molar refractivity (Wildman–Crippen MR) is 407 cm³/mol. The number of primary sulfonamides is 1. The second-order valence-corrected chi connectivity index (χ2v) is 31.1. The Bertz CT molecular complexity index is 5440. The van der Waals surface area contributed by atoms with Crippen LogP contribution in [0.25, 0.3) is 45.0 Å². The van der Waals surface area contributed by atoms with E-state index < -0.39 is 35.8 Å². The topological polar surface area (TPSA) is 313 Å². The second-order valence-electron chi connectivity index (χ2n) is 21.7. The lowest BCUT2D eigenvalue weighted by atomic mass is 10.1. The van der Waals surface area contributed by atoms with Gasteiger partial charge in [-0.2, -0.15) is 0 Å².